The van der Waals surface area contributed by atoms with Crippen LogP contribution >= 0.6 is 23.2 Å². The molecule has 2 N–H and O–H groups in total. The summed E-state index contributed by atoms with van der Waals surface area (Å²) in [5.74, 6) is -0.676. The summed E-state index contributed by atoms with van der Waals surface area (Å²) in [6.45, 7) is 0.182. The number of halogens is 2. The number of carbonyl (C=O) groups is 2. The summed E-state index contributed by atoms with van der Waals surface area (Å²) in [6.07, 6.45) is 0. The van der Waals surface area contributed by atoms with Crippen LogP contribution < -0.4 is 10.9 Å². The van der Waals surface area contributed by atoms with Gasteiger partial charge in [-0.1, -0.05) is 35.3 Å². The van der Waals surface area contributed by atoms with Crippen LogP contribution in [0.5, 0.6) is 0 Å². The Balaban J connectivity index is 1.73. The van der Waals surface area contributed by atoms with Gasteiger partial charge >= 0.3 is 5.97 Å². The number of aromatic nitrogens is 2. The van der Waals surface area contributed by atoms with Gasteiger partial charge < -0.3 is 15.0 Å². The predicted molar refractivity (Wildman–Crippen MR) is 115 cm³/mol. The molecule has 1 heterocycles. The van der Waals surface area contributed by atoms with Crippen LogP contribution in [0.3, 0.4) is 0 Å². The van der Waals surface area contributed by atoms with Gasteiger partial charge in [-0.05, 0) is 31.3 Å². The molecule has 0 unspecified atom stereocenters. The topological polar surface area (TPSA) is 104 Å². The molecule has 3 rings (SSSR count). The van der Waals surface area contributed by atoms with Crippen LogP contribution in [0.4, 0.5) is 5.69 Å². The molecule has 3 aromatic rings. The van der Waals surface area contributed by atoms with E-state index >= 15 is 0 Å². The number of carbonyl (C=O) groups excluding carboxylic acids is 2. The van der Waals surface area contributed by atoms with Gasteiger partial charge in [-0.2, -0.15) is 0 Å². The van der Waals surface area contributed by atoms with Crippen molar-refractivity contribution in [1.82, 2.24) is 14.9 Å². The van der Waals surface area contributed by atoms with E-state index < -0.39 is 11.9 Å². The smallest absolute Gasteiger partial charge is 0.340 e. The van der Waals surface area contributed by atoms with Crippen molar-refractivity contribution in [2.75, 3.05) is 26.0 Å². The number of esters is 1. The first-order valence-electron chi connectivity index (χ1n) is 8.82. The monoisotopic (exact) mass is 448 g/mol. The molecule has 1 amide bonds. The van der Waals surface area contributed by atoms with E-state index in [0.717, 1.165) is 0 Å². The van der Waals surface area contributed by atoms with Crippen molar-refractivity contribution >= 4 is 51.7 Å². The number of benzene rings is 2. The van der Waals surface area contributed by atoms with Crippen molar-refractivity contribution in [1.29, 1.82) is 0 Å². The fourth-order valence-electron chi connectivity index (χ4n) is 2.92. The number of likely N-dealkylation sites (N-methyl/N-ethyl adjacent to an activating group) is 1. The summed E-state index contributed by atoms with van der Waals surface area (Å²) in [6, 6.07) is 9.78. The van der Waals surface area contributed by atoms with Crippen LogP contribution in [-0.4, -0.2) is 47.4 Å². The largest absolute Gasteiger partial charge is 0.465 e. The van der Waals surface area contributed by atoms with E-state index in [0.29, 0.717) is 16.7 Å². The second kappa shape index (κ2) is 9.25. The van der Waals surface area contributed by atoms with Crippen molar-refractivity contribution in [3.63, 3.8) is 0 Å². The molecule has 2 aromatic carbocycles. The summed E-state index contributed by atoms with van der Waals surface area (Å²) in [7, 11) is 2.91. The average Bonchev–Trinajstić information content (AvgIpc) is 2.69. The molecular weight excluding hydrogens is 431 g/mol. The number of hydrogen-bond acceptors (Lipinski definition) is 6. The zero-order valence-corrected chi connectivity index (χ0v) is 17.7. The highest BCUT2D eigenvalue weighted by molar-refractivity contribution is 6.37. The molecule has 8 nitrogen and oxygen atoms in total. The third-order valence-corrected chi connectivity index (χ3v) is 4.74. The molecule has 30 heavy (non-hydrogen) atoms. The standard InChI is InChI=1S/C20H18Cl2N4O4/c1-26(9-16-23-15-6-4-3-5-12(15)19(28)24-16)10-17(27)25-18-13(20(29)30-2)7-11(21)8-14(18)22/h3-8H,9-10H2,1-2H3,(H,25,27)(H,23,24,28). The molecular formula is C20H18Cl2N4O4. The molecule has 0 aliphatic carbocycles. The van der Waals surface area contributed by atoms with E-state index in [1.54, 1.807) is 36.2 Å². The number of nitrogens with zero attached hydrogens (tertiary/aromatic N) is 2. The maximum absolute atomic E-state index is 12.5. The maximum atomic E-state index is 12.5. The van der Waals surface area contributed by atoms with Gasteiger partial charge in [0.1, 0.15) is 5.82 Å². The Morgan fingerprint density at radius 3 is 2.70 bits per heavy atom. The van der Waals surface area contributed by atoms with Crippen molar-refractivity contribution in [2.45, 2.75) is 6.54 Å². The zero-order valence-electron chi connectivity index (χ0n) is 16.2. The Kier molecular flexibility index (Phi) is 6.71. The third-order valence-electron chi connectivity index (χ3n) is 4.22. The number of rotatable bonds is 6. The number of fused-ring (bicyclic) bond motifs is 1. The second-order valence-corrected chi connectivity index (χ2v) is 7.40. The van der Waals surface area contributed by atoms with E-state index in [1.165, 1.54) is 19.2 Å². The van der Waals surface area contributed by atoms with Gasteiger partial charge in [-0.3, -0.25) is 14.5 Å². The number of H-pyrrole nitrogens is 1. The minimum absolute atomic E-state index is 0.0455. The molecule has 156 valence electrons. The van der Waals surface area contributed by atoms with Crippen molar-refractivity contribution < 1.29 is 14.3 Å². The van der Waals surface area contributed by atoms with E-state index in [-0.39, 0.29) is 39.9 Å². The van der Waals surface area contributed by atoms with Crippen molar-refractivity contribution in [2.24, 2.45) is 0 Å². The van der Waals surface area contributed by atoms with E-state index in [4.69, 9.17) is 27.9 Å². The molecule has 1 aromatic heterocycles. The summed E-state index contributed by atoms with van der Waals surface area (Å²) in [5, 5.41) is 3.46. The lowest BCUT2D eigenvalue weighted by atomic mass is 10.1. The summed E-state index contributed by atoms with van der Waals surface area (Å²) >= 11 is 12.1. The predicted octanol–water partition coefficient (Wildman–Crippen LogP) is 3.09. The SMILES string of the molecule is COC(=O)c1cc(Cl)cc(Cl)c1NC(=O)CN(C)Cc1nc2ccccc2c(=O)[nH]1. The molecule has 0 saturated carbocycles. The highest BCUT2D eigenvalue weighted by Gasteiger charge is 2.19. The van der Waals surface area contributed by atoms with Gasteiger partial charge in [-0.15, -0.1) is 0 Å². The second-order valence-electron chi connectivity index (χ2n) is 6.55. The van der Waals surface area contributed by atoms with Crippen LogP contribution in [-0.2, 0) is 16.1 Å². The minimum Gasteiger partial charge on any atom is -0.465 e. The zero-order chi connectivity index (χ0) is 21.8. The molecule has 0 aliphatic rings. The molecule has 0 radical (unpaired) electrons. The van der Waals surface area contributed by atoms with Gasteiger partial charge in [0, 0.05) is 5.02 Å². The summed E-state index contributed by atoms with van der Waals surface area (Å²) in [4.78, 5) is 45.4. The molecule has 0 fully saturated rings. The van der Waals surface area contributed by atoms with E-state index in [9.17, 15) is 14.4 Å². The molecule has 0 aliphatic heterocycles. The molecule has 0 atom stereocenters. The molecule has 10 heteroatoms. The highest BCUT2D eigenvalue weighted by atomic mass is 35.5. The third kappa shape index (κ3) is 4.96. The first kappa shape index (κ1) is 21.8. The van der Waals surface area contributed by atoms with Gasteiger partial charge in [0.25, 0.3) is 5.56 Å². The van der Waals surface area contributed by atoms with Gasteiger partial charge in [0.05, 0.1) is 47.4 Å². The van der Waals surface area contributed by atoms with E-state index in [2.05, 4.69) is 15.3 Å². The Morgan fingerprint density at radius 2 is 1.97 bits per heavy atom. The van der Waals surface area contributed by atoms with Crippen molar-refractivity contribution in [3.05, 3.63) is 68.2 Å². The van der Waals surface area contributed by atoms with Crippen LogP contribution in [0.2, 0.25) is 10.0 Å². The summed E-state index contributed by atoms with van der Waals surface area (Å²) < 4.78 is 4.72. The molecule has 0 spiro atoms. The fraction of sp³-hybridized carbons (Fsp3) is 0.200. The van der Waals surface area contributed by atoms with Crippen molar-refractivity contribution in [3.8, 4) is 0 Å². The number of aromatic amines is 1. The Morgan fingerprint density at radius 1 is 1.23 bits per heavy atom. The average molecular weight is 449 g/mol. The minimum atomic E-state index is -0.680. The number of methoxy groups -OCH3 is 1. The molecule has 0 bridgehead atoms. The highest BCUT2D eigenvalue weighted by Crippen LogP contribution is 2.30. The van der Waals surface area contributed by atoms with Crippen LogP contribution in [0.1, 0.15) is 16.2 Å². The lowest BCUT2D eigenvalue weighted by molar-refractivity contribution is -0.117. The first-order valence-corrected chi connectivity index (χ1v) is 9.57. The Bertz CT molecular complexity index is 1180. The molecule has 0 saturated heterocycles. The number of amides is 1. The number of ether oxygens (including phenoxy) is 1. The van der Waals surface area contributed by atoms with Gasteiger partial charge in [0.15, 0.2) is 0 Å². The van der Waals surface area contributed by atoms with Crippen LogP contribution in [0, 0.1) is 0 Å². The van der Waals surface area contributed by atoms with Gasteiger partial charge in [-0.25, -0.2) is 9.78 Å². The maximum Gasteiger partial charge on any atom is 0.340 e. The number of para-hydroxylation sites is 1. The van der Waals surface area contributed by atoms with Gasteiger partial charge in [0.2, 0.25) is 5.91 Å². The lowest BCUT2D eigenvalue weighted by Gasteiger charge is -2.17. The normalized spacial score (nSPS) is 11.0. The number of anilines is 1. The fourth-order valence-corrected chi connectivity index (χ4v) is 3.46. The van der Waals surface area contributed by atoms with Crippen LogP contribution in [0.25, 0.3) is 10.9 Å². The lowest BCUT2D eigenvalue weighted by Crippen LogP contribution is -2.31. The quantitative estimate of drug-likeness (QED) is 0.561. The number of hydrogen-bond donors (Lipinski definition) is 2. The van der Waals surface area contributed by atoms with E-state index in [1.807, 2.05) is 0 Å². The number of nitrogens with one attached hydrogen (secondary N) is 2. The first-order chi connectivity index (χ1) is 14.3. The summed E-state index contributed by atoms with van der Waals surface area (Å²) in [5.41, 5.74) is 0.490. The Hall–Kier alpha value is -2.94. The Labute approximate surface area is 181 Å². The van der Waals surface area contributed by atoms with Crippen LogP contribution in [0.15, 0.2) is 41.2 Å².